The first-order chi connectivity index (χ1) is 18.6. The molecule has 0 amide bonds. The van der Waals surface area contributed by atoms with Crippen LogP contribution in [-0.2, 0) is 15.9 Å². The van der Waals surface area contributed by atoms with Crippen LogP contribution >= 0.6 is 11.6 Å². The molecule has 1 aliphatic heterocycles. The van der Waals surface area contributed by atoms with Gasteiger partial charge in [0.2, 0.25) is 5.43 Å². The number of pyridine rings is 1. The number of phenols is 2. The fraction of sp³-hybridized carbons (Fsp3) is 0.333. The molecular weight excluding hydrogens is 532 g/mol. The number of hydrogen-bond acceptors (Lipinski definition) is 10. The van der Waals surface area contributed by atoms with Gasteiger partial charge in [-0.25, -0.2) is 4.68 Å². The highest BCUT2D eigenvalue weighted by Gasteiger charge is 2.41. The maximum absolute atomic E-state index is 13.8. The molecule has 0 radical (unpaired) electrons. The number of phenolic OH excluding ortho intramolecular Hbond substituents is 2. The van der Waals surface area contributed by atoms with Crippen molar-refractivity contribution in [2.24, 2.45) is 0 Å². The van der Waals surface area contributed by atoms with E-state index in [1.165, 1.54) is 7.11 Å². The van der Waals surface area contributed by atoms with Gasteiger partial charge in [0, 0.05) is 35.6 Å². The zero-order chi connectivity index (χ0) is 27.5. The number of ether oxygens (including phenoxy) is 3. The van der Waals surface area contributed by atoms with Crippen molar-refractivity contribution in [1.29, 1.82) is 0 Å². The SMILES string of the molecule is CO[C@@H]1CC[C@H](O)c2c1oc1c(O)c3c4c(c1c2=O)OCO[C@H]4Cc1cc2c(Cl)c(C)n(N)c(=O)c2c(O)c1-3. The van der Waals surface area contributed by atoms with E-state index in [0.717, 1.165) is 4.68 Å². The van der Waals surface area contributed by atoms with E-state index in [0.29, 0.717) is 35.0 Å². The highest BCUT2D eigenvalue weighted by Crippen LogP contribution is 2.57. The molecule has 7 rings (SSSR count). The number of nitrogen functional groups attached to an aromatic ring is 1. The lowest BCUT2D eigenvalue weighted by molar-refractivity contribution is -0.0586. The summed E-state index contributed by atoms with van der Waals surface area (Å²) < 4.78 is 24.2. The molecule has 4 aromatic rings. The summed E-state index contributed by atoms with van der Waals surface area (Å²) in [5.74, 6) is 5.29. The van der Waals surface area contributed by atoms with Crippen LogP contribution in [0.25, 0.3) is 32.9 Å². The van der Waals surface area contributed by atoms with Crippen molar-refractivity contribution < 1.29 is 33.9 Å². The summed E-state index contributed by atoms with van der Waals surface area (Å²) in [7, 11) is 1.47. The van der Waals surface area contributed by atoms with Gasteiger partial charge in [0.15, 0.2) is 18.1 Å². The Morgan fingerprint density at radius 2 is 1.90 bits per heavy atom. The Morgan fingerprint density at radius 3 is 2.64 bits per heavy atom. The second-order valence-corrected chi connectivity index (χ2v) is 10.5. The van der Waals surface area contributed by atoms with Gasteiger partial charge in [-0.2, -0.15) is 0 Å². The Labute approximate surface area is 224 Å². The smallest absolute Gasteiger partial charge is 0.280 e. The Balaban J connectivity index is 1.66. The number of nitrogens with two attached hydrogens (primary N) is 1. The molecule has 39 heavy (non-hydrogen) atoms. The Bertz CT molecular complexity index is 1890. The molecule has 3 aliphatic rings. The Kier molecular flexibility index (Phi) is 5.06. The van der Waals surface area contributed by atoms with E-state index >= 15 is 0 Å². The molecule has 11 nitrogen and oxygen atoms in total. The van der Waals surface area contributed by atoms with Crippen molar-refractivity contribution in [1.82, 2.24) is 4.68 Å². The van der Waals surface area contributed by atoms with Gasteiger partial charge < -0.3 is 39.8 Å². The van der Waals surface area contributed by atoms with Gasteiger partial charge in [0.05, 0.1) is 33.9 Å². The van der Waals surface area contributed by atoms with Gasteiger partial charge in [0.25, 0.3) is 5.56 Å². The molecule has 3 heterocycles. The summed E-state index contributed by atoms with van der Waals surface area (Å²) in [5, 5.41) is 34.2. The number of hydrogen-bond donors (Lipinski definition) is 4. The van der Waals surface area contributed by atoms with Crippen molar-refractivity contribution in [2.45, 2.75) is 44.5 Å². The van der Waals surface area contributed by atoms with Gasteiger partial charge in [-0.3, -0.25) is 9.59 Å². The Hall–Kier alpha value is -3.77. The molecule has 2 aromatic heterocycles. The van der Waals surface area contributed by atoms with Crippen LogP contribution in [0.2, 0.25) is 5.02 Å². The summed E-state index contributed by atoms with van der Waals surface area (Å²) in [4.78, 5) is 26.9. The highest BCUT2D eigenvalue weighted by atomic mass is 35.5. The minimum atomic E-state index is -1.07. The standard InChI is InChI=1S/C27H23ClN2O9/c1-8-20(28)10-5-9-6-13-17-18(14(9)21(32)15(10)27(35)30(8)29)23(34)26-19(25(17)38-7-37-13)22(33)16-11(31)3-4-12(36-2)24(16)39-26/h5,11-13,31-32,34H,3-4,6-7,29H2,1-2H3/t11-,12+,13-/m0/s1. The summed E-state index contributed by atoms with van der Waals surface area (Å²) in [6.07, 6.45) is -1.39. The third-order valence-corrected chi connectivity index (χ3v) is 8.64. The highest BCUT2D eigenvalue weighted by molar-refractivity contribution is 6.36. The minimum Gasteiger partial charge on any atom is -0.506 e. The topological polar surface area (TPSA) is 167 Å². The van der Waals surface area contributed by atoms with Gasteiger partial charge in [-0.1, -0.05) is 11.6 Å². The van der Waals surface area contributed by atoms with Crippen LogP contribution in [0.15, 0.2) is 20.1 Å². The largest absolute Gasteiger partial charge is 0.506 e. The Morgan fingerprint density at radius 1 is 1.13 bits per heavy atom. The number of fused-ring (bicyclic) bond motifs is 6. The number of aromatic hydroxyl groups is 2. The van der Waals surface area contributed by atoms with Crippen molar-refractivity contribution >= 4 is 33.3 Å². The third-order valence-electron chi connectivity index (χ3n) is 8.16. The van der Waals surface area contributed by atoms with E-state index in [9.17, 15) is 24.9 Å². The number of aromatic nitrogens is 1. The van der Waals surface area contributed by atoms with Gasteiger partial charge in [0.1, 0.15) is 28.7 Å². The zero-order valence-corrected chi connectivity index (χ0v) is 21.6. The molecule has 2 aliphatic carbocycles. The molecule has 0 bridgehead atoms. The number of methoxy groups -OCH3 is 1. The number of nitrogens with zero attached hydrogens (tertiary/aromatic N) is 1. The van der Waals surface area contributed by atoms with E-state index in [4.69, 9.17) is 36.1 Å². The summed E-state index contributed by atoms with van der Waals surface area (Å²) in [6.45, 7) is 1.41. The van der Waals surface area contributed by atoms with Crippen molar-refractivity contribution in [3.8, 4) is 28.4 Å². The van der Waals surface area contributed by atoms with Crippen LogP contribution in [-0.4, -0.2) is 33.9 Å². The molecule has 2 aromatic carbocycles. The van der Waals surface area contributed by atoms with Crippen molar-refractivity contribution in [2.75, 3.05) is 19.7 Å². The van der Waals surface area contributed by atoms with Crippen LogP contribution in [0, 0.1) is 6.92 Å². The van der Waals surface area contributed by atoms with Crippen LogP contribution in [0.1, 0.15) is 59.3 Å². The van der Waals surface area contributed by atoms with Crippen LogP contribution in [0.5, 0.6) is 17.2 Å². The fourth-order valence-electron chi connectivity index (χ4n) is 6.25. The monoisotopic (exact) mass is 554 g/mol. The van der Waals surface area contributed by atoms with E-state index in [-0.39, 0.29) is 62.8 Å². The van der Waals surface area contributed by atoms with Gasteiger partial charge >= 0.3 is 0 Å². The third kappa shape index (κ3) is 2.98. The molecule has 3 atom stereocenters. The first-order valence-electron chi connectivity index (χ1n) is 12.3. The molecule has 0 spiro atoms. The lowest BCUT2D eigenvalue weighted by Crippen LogP contribution is -2.30. The second kappa shape index (κ2) is 8.12. The van der Waals surface area contributed by atoms with E-state index in [2.05, 4.69) is 0 Å². The summed E-state index contributed by atoms with van der Waals surface area (Å²) in [6, 6.07) is 1.67. The van der Waals surface area contributed by atoms with Gasteiger partial charge in [-0.05, 0) is 31.4 Å². The molecule has 5 N–H and O–H groups in total. The maximum Gasteiger partial charge on any atom is 0.280 e. The molecule has 0 unspecified atom stereocenters. The number of rotatable bonds is 1. The molecule has 12 heteroatoms. The van der Waals surface area contributed by atoms with Gasteiger partial charge in [-0.15, -0.1) is 0 Å². The quantitative estimate of drug-likeness (QED) is 0.256. The summed E-state index contributed by atoms with van der Waals surface area (Å²) in [5.41, 5.74) is 0.132. The van der Waals surface area contributed by atoms with Crippen molar-refractivity contribution in [3.63, 3.8) is 0 Å². The normalized spacial score (nSPS) is 21.4. The van der Waals surface area contributed by atoms with Crippen molar-refractivity contribution in [3.05, 3.63) is 59.8 Å². The van der Waals surface area contributed by atoms with E-state index in [1.807, 2.05) is 0 Å². The number of benzene rings is 2. The number of halogens is 1. The van der Waals surface area contributed by atoms with Crippen LogP contribution in [0.3, 0.4) is 0 Å². The lowest BCUT2D eigenvalue weighted by atomic mass is 9.79. The number of aliphatic hydroxyl groups excluding tert-OH is 1. The average Bonchev–Trinajstić information content (AvgIpc) is 2.92. The second-order valence-electron chi connectivity index (χ2n) is 10.1. The van der Waals surface area contributed by atoms with E-state index in [1.54, 1.807) is 13.0 Å². The van der Waals surface area contributed by atoms with E-state index < -0.39 is 40.8 Å². The molecule has 202 valence electrons. The molecule has 0 saturated carbocycles. The predicted molar refractivity (Wildman–Crippen MR) is 140 cm³/mol. The molecule has 0 saturated heterocycles. The summed E-state index contributed by atoms with van der Waals surface area (Å²) >= 11 is 6.52. The average molecular weight is 555 g/mol. The zero-order valence-electron chi connectivity index (χ0n) is 20.8. The lowest BCUT2D eigenvalue weighted by Gasteiger charge is -2.35. The first kappa shape index (κ1) is 24.3. The van der Waals surface area contributed by atoms with Crippen LogP contribution in [0.4, 0.5) is 0 Å². The first-order valence-corrected chi connectivity index (χ1v) is 12.7. The molecule has 0 fully saturated rings. The predicted octanol–water partition coefficient (Wildman–Crippen LogP) is 3.34. The molecular formula is C27H23ClN2O9. The van der Waals surface area contributed by atoms with Crippen LogP contribution < -0.4 is 21.6 Å². The fourth-order valence-corrected chi connectivity index (χ4v) is 6.49. The maximum atomic E-state index is 13.8. The number of aliphatic hydroxyl groups is 1. The minimum absolute atomic E-state index is 0.0409.